The summed E-state index contributed by atoms with van der Waals surface area (Å²) in [5.41, 5.74) is -0.231. The second kappa shape index (κ2) is 8.28. The molecule has 0 spiro atoms. The zero-order valence-corrected chi connectivity index (χ0v) is 13.5. The molecule has 2 N–H and O–H groups in total. The molecule has 8 heteroatoms. The van der Waals surface area contributed by atoms with Crippen LogP contribution < -0.4 is 15.4 Å². The van der Waals surface area contributed by atoms with Crippen LogP contribution in [0, 0.1) is 16.0 Å². The molecule has 2 unspecified atom stereocenters. The number of amides is 3. The Bertz CT molecular complexity index is 619. The summed E-state index contributed by atoms with van der Waals surface area (Å²) >= 11 is 0. The topological polar surface area (TPSA) is 111 Å². The Morgan fingerprint density at radius 2 is 2.00 bits per heavy atom. The van der Waals surface area contributed by atoms with E-state index >= 15 is 0 Å². The third-order valence-corrected chi connectivity index (χ3v) is 4.10. The van der Waals surface area contributed by atoms with Crippen LogP contribution in [-0.4, -0.2) is 29.5 Å². The van der Waals surface area contributed by atoms with Crippen molar-refractivity contribution in [2.45, 2.75) is 38.6 Å². The summed E-state index contributed by atoms with van der Waals surface area (Å²) in [5.74, 6) is -0.295. The van der Waals surface area contributed by atoms with Crippen LogP contribution >= 0.6 is 0 Å². The lowest BCUT2D eigenvalue weighted by Crippen LogP contribution is -2.48. The van der Waals surface area contributed by atoms with Crippen molar-refractivity contribution < 1.29 is 19.2 Å². The van der Waals surface area contributed by atoms with Crippen molar-refractivity contribution >= 4 is 17.6 Å². The highest BCUT2D eigenvalue weighted by molar-refractivity contribution is 5.95. The highest BCUT2D eigenvalue weighted by Gasteiger charge is 2.23. The zero-order valence-electron chi connectivity index (χ0n) is 13.5. The molecule has 0 aliphatic heterocycles. The molecular formula is C16H21N3O5. The fourth-order valence-corrected chi connectivity index (χ4v) is 2.77. The van der Waals surface area contributed by atoms with Gasteiger partial charge in [-0.2, -0.15) is 0 Å². The minimum Gasteiger partial charge on any atom is -0.477 e. The van der Waals surface area contributed by atoms with E-state index in [0.717, 1.165) is 25.7 Å². The minimum absolute atomic E-state index is 0.0149. The van der Waals surface area contributed by atoms with Gasteiger partial charge in [-0.25, -0.2) is 4.79 Å². The molecule has 24 heavy (non-hydrogen) atoms. The number of rotatable bonds is 5. The zero-order chi connectivity index (χ0) is 17.5. The number of ether oxygens (including phenoxy) is 1. The molecule has 130 valence electrons. The molecule has 0 aromatic heterocycles. The molecule has 0 saturated heterocycles. The maximum absolute atomic E-state index is 11.8. The van der Waals surface area contributed by atoms with E-state index in [-0.39, 0.29) is 17.5 Å². The van der Waals surface area contributed by atoms with Crippen LogP contribution in [0.1, 0.15) is 32.6 Å². The third kappa shape index (κ3) is 4.94. The molecule has 1 saturated carbocycles. The van der Waals surface area contributed by atoms with Gasteiger partial charge in [0.2, 0.25) is 0 Å². The quantitative estimate of drug-likeness (QED) is 0.634. The number of nitro benzene ring substituents is 1. The molecule has 1 aliphatic rings. The second-order valence-corrected chi connectivity index (χ2v) is 5.90. The third-order valence-electron chi connectivity index (χ3n) is 4.10. The van der Waals surface area contributed by atoms with E-state index in [2.05, 4.69) is 17.6 Å². The largest absolute Gasteiger partial charge is 0.477 e. The first kappa shape index (κ1) is 17.7. The lowest BCUT2D eigenvalue weighted by molar-refractivity contribution is -0.385. The second-order valence-electron chi connectivity index (χ2n) is 5.90. The Labute approximate surface area is 139 Å². The number of urea groups is 1. The molecule has 2 atom stereocenters. The van der Waals surface area contributed by atoms with Crippen molar-refractivity contribution in [2.24, 2.45) is 5.92 Å². The van der Waals surface area contributed by atoms with E-state index < -0.39 is 23.5 Å². The number of nitrogens with one attached hydrogen (secondary N) is 2. The summed E-state index contributed by atoms with van der Waals surface area (Å²) in [6.07, 6.45) is 4.17. The highest BCUT2D eigenvalue weighted by atomic mass is 16.6. The van der Waals surface area contributed by atoms with Crippen LogP contribution in [0.4, 0.5) is 10.5 Å². The SMILES string of the molecule is CC1CCCCC1NC(=O)NC(=O)COc1ccccc1[N+](=O)[O-]. The van der Waals surface area contributed by atoms with Crippen molar-refractivity contribution in [1.29, 1.82) is 0 Å². The first-order chi connectivity index (χ1) is 11.5. The van der Waals surface area contributed by atoms with Gasteiger partial charge in [0.05, 0.1) is 4.92 Å². The summed E-state index contributed by atoms with van der Waals surface area (Å²) in [6.45, 7) is 1.60. The minimum atomic E-state index is -0.658. The smallest absolute Gasteiger partial charge is 0.321 e. The predicted molar refractivity (Wildman–Crippen MR) is 86.7 cm³/mol. The van der Waals surface area contributed by atoms with Crippen molar-refractivity contribution in [3.8, 4) is 5.75 Å². The number of imide groups is 1. The first-order valence-electron chi connectivity index (χ1n) is 7.94. The summed E-state index contributed by atoms with van der Waals surface area (Å²) < 4.78 is 5.14. The molecule has 0 bridgehead atoms. The maximum atomic E-state index is 11.8. The first-order valence-corrected chi connectivity index (χ1v) is 7.94. The van der Waals surface area contributed by atoms with Crippen molar-refractivity contribution in [3.63, 3.8) is 0 Å². The Morgan fingerprint density at radius 3 is 2.71 bits per heavy atom. The van der Waals surface area contributed by atoms with Crippen LogP contribution in [0.15, 0.2) is 24.3 Å². The lowest BCUT2D eigenvalue weighted by atomic mass is 9.86. The number of hydrogen-bond donors (Lipinski definition) is 2. The molecule has 2 rings (SSSR count). The number of carbonyl (C=O) groups is 2. The van der Waals surface area contributed by atoms with Gasteiger partial charge in [0.15, 0.2) is 12.4 Å². The van der Waals surface area contributed by atoms with E-state index in [1.165, 1.54) is 18.2 Å². The van der Waals surface area contributed by atoms with Crippen LogP contribution in [-0.2, 0) is 4.79 Å². The van der Waals surface area contributed by atoms with Gasteiger partial charge in [0.1, 0.15) is 0 Å². The van der Waals surface area contributed by atoms with E-state index in [9.17, 15) is 19.7 Å². The standard InChI is InChI=1S/C16H21N3O5/c1-11-6-2-3-7-12(11)17-16(21)18-15(20)10-24-14-9-5-4-8-13(14)19(22)23/h4-5,8-9,11-12H,2-3,6-7,10H2,1H3,(H2,17,18,20,21). The summed E-state index contributed by atoms with van der Waals surface area (Å²) in [5, 5.41) is 15.8. The predicted octanol–water partition coefficient (Wildman–Crippen LogP) is 2.38. The van der Waals surface area contributed by atoms with Crippen molar-refractivity contribution in [2.75, 3.05) is 6.61 Å². The van der Waals surface area contributed by atoms with E-state index in [1.54, 1.807) is 6.07 Å². The molecular weight excluding hydrogens is 314 g/mol. The van der Waals surface area contributed by atoms with Gasteiger partial charge in [0.25, 0.3) is 5.91 Å². The molecule has 1 aromatic rings. The summed E-state index contributed by atoms with van der Waals surface area (Å²) in [7, 11) is 0. The van der Waals surface area contributed by atoms with E-state index in [4.69, 9.17) is 4.74 Å². The molecule has 8 nitrogen and oxygen atoms in total. The van der Waals surface area contributed by atoms with E-state index in [1.807, 2.05) is 0 Å². The van der Waals surface area contributed by atoms with Crippen LogP contribution in [0.2, 0.25) is 0 Å². The number of benzene rings is 1. The van der Waals surface area contributed by atoms with Crippen molar-refractivity contribution in [3.05, 3.63) is 34.4 Å². The normalized spacial score (nSPS) is 20.0. The average Bonchev–Trinajstić information content (AvgIpc) is 2.55. The Morgan fingerprint density at radius 1 is 1.29 bits per heavy atom. The number of nitrogens with zero attached hydrogens (tertiary/aromatic N) is 1. The van der Waals surface area contributed by atoms with E-state index in [0.29, 0.717) is 5.92 Å². The van der Waals surface area contributed by atoms with Crippen molar-refractivity contribution in [1.82, 2.24) is 10.6 Å². The molecule has 0 radical (unpaired) electrons. The van der Waals surface area contributed by atoms with Gasteiger partial charge >= 0.3 is 11.7 Å². The van der Waals surface area contributed by atoms with Gasteiger partial charge in [0, 0.05) is 12.1 Å². The number of nitro groups is 1. The van der Waals surface area contributed by atoms with Crippen LogP contribution in [0.3, 0.4) is 0 Å². The molecule has 3 amide bonds. The van der Waals surface area contributed by atoms with Gasteiger partial charge in [-0.15, -0.1) is 0 Å². The highest BCUT2D eigenvalue weighted by Crippen LogP contribution is 2.25. The fraction of sp³-hybridized carbons (Fsp3) is 0.500. The fourth-order valence-electron chi connectivity index (χ4n) is 2.77. The lowest BCUT2D eigenvalue weighted by Gasteiger charge is -2.29. The van der Waals surface area contributed by atoms with Gasteiger partial charge in [-0.05, 0) is 24.8 Å². The monoisotopic (exact) mass is 335 g/mol. The molecule has 1 aromatic carbocycles. The Kier molecular flexibility index (Phi) is 6.11. The summed E-state index contributed by atoms with van der Waals surface area (Å²) in [6, 6.07) is 5.24. The number of hydrogen-bond acceptors (Lipinski definition) is 5. The number of carbonyl (C=O) groups excluding carboxylic acids is 2. The maximum Gasteiger partial charge on any atom is 0.321 e. The molecule has 1 fully saturated rings. The van der Waals surface area contributed by atoms with Crippen LogP contribution in [0.5, 0.6) is 5.75 Å². The van der Waals surface area contributed by atoms with Crippen LogP contribution in [0.25, 0.3) is 0 Å². The molecule has 1 aliphatic carbocycles. The number of para-hydroxylation sites is 2. The summed E-state index contributed by atoms with van der Waals surface area (Å²) in [4.78, 5) is 33.9. The Hall–Kier alpha value is -2.64. The molecule has 0 heterocycles. The van der Waals surface area contributed by atoms with Gasteiger partial charge < -0.3 is 10.1 Å². The average molecular weight is 335 g/mol. The Balaban J connectivity index is 1.81. The van der Waals surface area contributed by atoms with Gasteiger partial charge in [-0.1, -0.05) is 31.9 Å². The van der Waals surface area contributed by atoms with Gasteiger partial charge in [-0.3, -0.25) is 20.2 Å².